The largest absolute Gasteiger partial charge is 0.352 e. The van der Waals surface area contributed by atoms with Crippen molar-refractivity contribution in [2.24, 2.45) is 0 Å². The summed E-state index contributed by atoms with van der Waals surface area (Å²) in [5.74, 6) is 0. The maximum absolute atomic E-state index is 4.72. The number of allylic oxidation sites excluding steroid dienone is 5. The zero-order chi connectivity index (χ0) is 30.3. The molecule has 5 aromatic rings. The van der Waals surface area contributed by atoms with Crippen LogP contribution >= 0.6 is 11.3 Å². The first-order valence-electron chi connectivity index (χ1n) is 14.3. The van der Waals surface area contributed by atoms with Crippen LogP contribution in [0.3, 0.4) is 0 Å². The summed E-state index contributed by atoms with van der Waals surface area (Å²) in [5.41, 5.74) is 9.11. The minimum absolute atomic E-state index is 0.706. The Morgan fingerprint density at radius 2 is 1.88 bits per heavy atom. The Kier molecular flexibility index (Phi) is 9.30. The fourth-order valence-corrected chi connectivity index (χ4v) is 5.93. The number of nitrogens with one attached hydrogen (secondary N) is 3. The standard InChI is InChI=1S/C37H37N5S/c1-7-26(20-38-21-27-13-11-10-12-14-27)18-28(8-2)25(6)17-30-32(9-3)41-42-37(30)33-19-29-31(22-39-23-34(29)40-33)36-16-15-35(43-36)24(4)5/h7-19,22-23,38,40-41H,1,4,6,20-21H2,2-3,5H3/b26-18+,28-8+,30-17+,32-9+. The van der Waals surface area contributed by atoms with E-state index in [9.17, 15) is 0 Å². The van der Waals surface area contributed by atoms with Gasteiger partial charge in [0.25, 0.3) is 0 Å². The van der Waals surface area contributed by atoms with E-state index >= 15 is 0 Å². The molecule has 6 heteroatoms. The zero-order valence-corrected chi connectivity index (χ0v) is 25.8. The van der Waals surface area contributed by atoms with E-state index in [0.29, 0.717) is 6.54 Å². The third kappa shape index (κ3) is 6.67. The van der Waals surface area contributed by atoms with Crippen LogP contribution in [-0.4, -0.2) is 26.7 Å². The van der Waals surface area contributed by atoms with Crippen molar-refractivity contribution in [3.8, 4) is 21.8 Å². The molecular weight excluding hydrogens is 547 g/mol. The molecule has 5 nitrogen and oxygen atoms in total. The summed E-state index contributed by atoms with van der Waals surface area (Å²) in [6.45, 7) is 20.1. The molecule has 3 N–H and O–H groups in total. The monoisotopic (exact) mass is 583 g/mol. The van der Waals surface area contributed by atoms with Crippen LogP contribution in [-0.2, 0) is 6.54 Å². The first-order valence-corrected chi connectivity index (χ1v) is 15.1. The highest BCUT2D eigenvalue weighted by Crippen LogP contribution is 2.36. The molecule has 0 aliphatic rings. The number of thiophene rings is 1. The predicted molar refractivity (Wildman–Crippen MR) is 185 cm³/mol. The summed E-state index contributed by atoms with van der Waals surface area (Å²) in [6.07, 6.45) is 14.0. The van der Waals surface area contributed by atoms with E-state index in [1.807, 2.05) is 51.4 Å². The molecule has 0 spiro atoms. The summed E-state index contributed by atoms with van der Waals surface area (Å²) in [4.78, 5) is 10.4. The number of pyridine rings is 1. The molecule has 0 amide bonds. The van der Waals surface area contributed by atoms with E-state index in [4.69, 9.17) is 5.10 Å². The Hall–Kier alpha value is -4.78. The predicted octanol–water partition coefficient (Wildman–Crippen LogP) is 7.70. The Bertz CT molecular complexity index is 1980. The normalized spacial score (nSPS) is 13.2. The third-order valence-corrected chi connectivity index (χ3v) is 8.60. The van der Waals surface area contributed by atoms with Gasteiger partial charge in [-0.05, 0) is 72.9 Å². The minimum atomic E-state index is 0.706. The number of hydrogen-bond acceptors (Lipinski definition) is 4. The second-order valence-electron chi connectivity index (χ2n) is 10.4. The van der Waals surface area contributed by atoms with Crippen molar-refractivity contribution in [3.05, 3.63) is 137 Å². The number of fused-ring (bicyclic) bond motifs is 1. The minimum Gasteiger partial charge on any atom is -0.352 e. The van der Waals surface area contributed by atoms with Gasteiger partial charge in [0.15, 0.2) is 0 Å². The summed E-state index contributed by atoms with van der Waals surface area (Å²) in [6, 6.07) is 16.8. The molecule has 0 saturated heterocycles. The van der Waals surface area contributed by atoms with E-state index in [1.165, 1.54) is 10.4 Å². The Labute approximate surface area is 257 Å². The molecule has 43 heavy (non-hydrogen) atoms. The molecule has 4 heterocycles. The maximum Gasteiger partial charge on any atom is 0.116 e. The van der Waals surface area contributed by atoms with Crippen molar-refractivity contribution < 1.29 is 0 Å². The molecule has 0 unspecified atom stereocenters. The van der Waals surface area contributed by atoms with Crippen LogP contribution in [0.1, 0.15) is 31.2 Å². The van der Waals surface area contributed by atoms with Crippen molar-refractivity contribution in [3.63, 3.8) is 0 Å². The van der Waals surface area contributed by atoms with Gasteiger partial charge >= 0.3 is 0 Å². The van der Waals surface area contributed by atoms with Crippen molar-refractivity contribution in [2.75, 3.05) is 6.54 Å². The average molecular weight is 584 g/mol. The molecule has 0 radical (unpaired) electrons. The first kappa shape index (κ1) is 29.7. The van der Waals surface area contributed by atoms with Gasteiger partial charge < -0.3 is 10.3 Å². The second-order valence-corrected chi connectivity index (χ2v) is 11.5. The van der Waals surface area contributed by atoms with E-state index in [1.54, 1.807) is 11.3 Å². The fourth-order valence-electron chi connectivity index (χ4n) is 4.97. The first-order chi connectivity index (χ1) is 20.9. The summed E-state index contributed by atoms with van der Waals surface area (Å²) >= 11 is 1.73. The maximum atomic E-state index is 4.72. The van der Waals surface area contributed by atoms with Crippen LogP contribution in [0.4, 0.5) is 0 Å². The summed E-state index contributed by atoms with van der Waals surface area (Å²) in [5, 5.41) is 14.4. The van der Waals surface area contributed by atoms with Crippen LogP contribution in [0.25, 0.3) is 50.5 Å². The molecule has 0 bridgehead atoms. The molecule has 0 aliphatic heterocycles. The number of rotatable bonds is 11. The highest BCUT2D eigenvalue weighted by atomic mass is 32.1. The van der Waals surface area contributed by atoms with E-state index in [-0.39, 0.29) is 0 Å². The number of aromatic nitrogens is 4. The Balaban J connectivity index is 1.46. The quantitative estimate of drug-likeness (QED) is 0.140. The molecule has 0 saturated carbocycles. The van der Waals surface area contributed by atoms with Gasteiger partial charge in [-0.25, -0.2) is 0 Å². The Morgan fingerprint density at radius 3 is 2.58 bits per heavy atom. The Morgan fingerprint density at radius 1 is 1.07 bits per heavy atom. The van der Waals surface area contributed by atoms with Gasteiger partial charge in [0.1, 0.15) is 5.69 Å². The lowest BCUT2D eigenvalue weighted by molar-refractivity contribution is 0.747. The van der Waals surface area contributed by atoms with Gasteiger partial charge in [-0.3, -0.25) is 10.1 Å². The number of aromatic amines is 2. The van der Waals surface area contributed by atoms with Crippen LogP contribution in [0.15, 0.2) is 116 Å². The molecule has 4 aromatic heterocycles. The highest BCUT2D eigenvalue weighted by molar-refractivity contribution is 7.16. The van der Waals surface area contributed by atoms with Crippen LogP contribution in [0.5, 0.6) is 0 Å². The topological polar surface area (TPSA) is 69.4 Å². The van der Waals surface area contributed by atoms with E-state index in [0.717, 1.165) is 72.1 Å². The van der Waals surface area contributed by atoms with E-state index in [2.05, 4.69) is 101 Å². The van der Waals surface area contributed by atoms with Crippen molar-refractivity contribution in [1.29, 1.82) is 0 Å². The summed E-state index contributed by atoms with van der Waals surface area (Å²) in [7, 11) is 0. The molecule has 0 atom stereocenters. The number of benzene rings is 1. The second kappa shape index (κ2) is 13.5. The SMILES string of the molecule is C=C/C(=C\C(=C/C)C(=C)/C=c1/c(-c2cc3c(-c4ccc(C(=C)C)s4)cncc3[nH]2)n[nH]/c1=C/C)CNCc1ccccc1. The third-order valence-electron chi connectivity index (χ3n) is 7.32. The molecule has 216 valence electrons. The fraction of sp³-hybridized carbons (Fsp3) is 0.135. The van der Waals surface area contributed by atoms with Gasteiger partial charge in [-0.15, -0.1) is 11.3 Å². The van der Waals surface area contributed by atoms with Crippen molar-refractivity contribution in [2.45, 2.75) is 27.3 Å². The molecule has 0 aliphatic carbocycles. The van der Waals surface area contributed by atoms with Crippen LogP contribution < -0.4 is 15.9 Å². The molecular formula is C37H37N5S. The van der Waals surface area contributed by atoms with Gasteiger partial charge in [-0.1, -0.05) is 74.4 Å². The average Bonchev–Trinajstić information content (AvgIpc) is 3.77. The smallest absolute Gasteiger partial charge is 0.116 e. The lowest BCUT2D eigenvalue weighted by Gasteiger charge is -2.08. The number of nitrogens with zero attached hydrogens (tertiary/aromatic N) is 2. The lowest BCUT2D eigenvalue weighted by atomic mass is 10.0. The van der Waals surface area contributed by atoms with Gasteiger partial charge in [0.2, 0.25) is 0 Å². The summed E-state index contributed by atoms with van der Waals surface area (Å²) < 4.78 is 0. The zero-order valence-electron chi connectivity index (χ0n) is 25.0. The van der Waals surface area contributed by atoms with Gasteiger partial charge in [0.05, 0.1) is 22.8 Å². The van der Waals surface area contributed by atoms with Crippen molar-refractivity contribution >= 4 is 40.0 Å². The van der Waals surface area contributed by atoms with Gasteiger partial charge in [0, 0.05) is 45.2 Å². The van der Waals surface area contributed by atoms with Crippen LogP contribution in [0, 0.1) is 0 Å². The molecule has 1 aromatic carbocycles. The van der Waals surface area contributed by atoms with Gasteiger partial charge in [-0.2, -0.15) is 5.10 Å². The van der Waals surface area contributed by atoms with Crippen molar-refractivity contribution in [1.82, 2.24) is 25.5 Å². The van der Waals surface area contributed by atoms with Crippen LogP contribution in [0.2, 0.25) is 0 Å². The number of H-pyrrole nitrogens is 2. The molecule has 0 fully saturated rings. The highest BCUT2D eigenvalue weighted by Gasteiger charge is 2.14. The lowest BCUT2D eigenvalue weighted by Crippen LogP contribution is -2.23. The number of hydrogen-bond donors (Lipinski definition) is 3. The van der Waals surface area contributed by atoms with E-state index < -0.39 is 0 Å². The molecule has 5 rings (SSSR count).